The zero-order valence-electron chi connectivity index (χ0n) is 18.3. The smallest absolute Gasteiger partial charge is 0.303 e. The van der Waals surface area contributed by atoms with E-state index in [0.29, 0.717) is 24.2 Å². The second-order valence-electron chi connectivity index (χ2n) is 11.4. The van der Waals surface area contributed by atoms with Crippen molar-refractivity contribution in [2.75, 3.05) is 0 Å². The minimum Gasteiger partial charge on any atom is -0.459 e. The number of hydrogen-bond acceptors (Lipinski definition) is 5. The second-order valence-corrected chi connectivity index (χ2v) is 11.4. The molecule has 0 radical (unpaired) electrons. The number of hydrogen-bond donors (Lipinski definition) is 0. The third-order valence-corrected chi connectivity index (χ3v) is 10.6. The van der Waals surface area contributed by atoms with E-state index in [1.165, 1.54) is 6.92 Å². The van der Waals surface area contributed by atoms with Gasteiger partial charge in [0.15, 0.2) is 11.4 Å². The first-order valence-electron chi connectivity index (χ1n) is 11.3. The Morgan fingerprint density at radius 3 is 2.38 bits per heavy atom. The predicted octanol–water partition coefficient (Wildman–Crippen LogP) is 4.19. The molecule has 5 nitrogen and oxygen atoms in total. The molecule has 0 N–H and O–H groups in total. The largest absolute Gasteiger partial charge is 0.459 e. The highest BCUT2D eigenvalue weighted by Gasteiger charge is 2.84. The summed E-state index contributed by atoms with van der Waals surface area (Å²) in [7, 11) is 0. The first-order valence-corrected chi connectivity index (χ1v) is 11.3. The van der Waals surface area contributed by atoms with Crippen LogP contribution >= 0.6 is 0 Å². The Morgan fingerprint density at radius 1 is 1.07 bits per heavy atom. The highest BCUT2D eigenvalue weighted by molar-refractivity contribution is 5.96. The highest BCUT2D eigenvalue weighted by Crippen LogP contribution is 2.76. The number of epoxide rings is 1. The maximum atomic E-state index is 12.9. The normalized spacial score (nSPS) is 57.6. The van der Waals surface area contributed by atoms with Crippen molar-refractivity contribution in [1.82, 2.24) is 0 Å². The molecule has 1 aliphatic heterocycles. The summed E-state index contributed by atoms with van der Waals surface area (Å²) in [5.74, 6) is 0.781. The van der Waals surface area contributed by atoms with Crippen LogP contribution in [0.4, 0.5) is 0 Å². The zero-order chi connectivity index (χ0) is 21.0. The van der Waals surface area contributed by atoms with Gasteiger partial charge in [0, 0.05) is 17.8 Å². The van der Waals surface area contributed by atoms with Crippen LogP contribution in [0.2, 0.25) is 0 Å². The van der Waals surface area contributed by atoms with Crippen molar-refractivity contribution in [3.8, 4) is 6.07 Å². The summed E-state index contributed by atoms with van der Waals surface area (Å²) < 4.78 is 12.2. The van der Waals surface area contributed by atoms with Gasteiger partial charge in [0.1, 0.15) is 17.1 Å². The Balaban J connectivity index is 1.51. The van der Waals surface area contributed by atoms with E-state index in [0.717, 1.165) is 38.5 Å². The van der Waals surface area contributed by atoms with E-state index in [1.807, 2.05) is 6.92 Å². The molecule has 0 unspecified atom stereocenters. The molecule has 0 bridgehead atoms. The third-order valence-electron chi connectivity index (χ3n) is 10.6. The maximum absolute atomic E-state index is 12.9. The van der Waals surface area contributed by atoms with Gasteiger partial charge in [-0.05, 0) is 76.5 Å². The van der Waals surface area contributed by atoms with Crippen LogP contribution in [0.15, 0.2) is 0 Å². The Hall–Kier alpha value is -1.41. The number of carbonyl (C=O) groups excluding carboxylic acids is 2. The number of ether oxygens (including phenoxy) is 2. The lowest BCUT2D eigenvalue weighted by Gasteiger charge is -2.61. The molecule has 0 aromatic carbocycles. The molecular formula is C24H33NO4. The van der Waals surface area contributed by atoms with Gasteiger partial charge in [0.05, 0.1) is 6.07 Å². The SMILES string of the molecule is CC(=O)O[C@]1(C)CC[C@H]2[C@@H]3CC[C@@]45O[C@]4(C)C(=O)[C@H](C#N)C[C@]5(C)[C@H]3CC[C@@]21C. The van der Waals surface area contributed by atoms with Gasteiger partial charge in [-0.1, -0.05) is 13.8 Å². The Morgan fingerprint density at radius 2 is 1.72 bits per heavy atom. The summed E-state index contributed by atoms with van der Waals surface area (Å²) in [6.45, 7) is 10.2. The first kappa shape index (κ1) is 19.5. The van der Waals surface area contributed by atoms with Crippen molar-refractivity contribution in [1.29, 1.82) is 5.26 Å². The number of nitrogens with zero attached hydrogens (tertiary/aromatic N) is 1. The van der Waals surface area contributed by atoms with Gasteiger partial charge in [-0.15, -0.1) is 0 Å². The number of carbonyl (C=O) groups is 2. The first-order chi connectivity index (χ1) is 13.5. The van der Waals surface area contributed by atoms with Gasteiger partial charge in [0.2, 0.25) is 0 Å². The summed E-state index contributed by atoms with van der Waals surface area (Å²) in [6.07, 6.45) is 6.69. The number of ketones is 1. The number of nitriles is 1. The third kappa shape index (κ3) is 2.00. The average molecular weight is 400 g/mol. The molecule has 1 spiro atoms. The predicted molar refractivity (Wildman–Crippen MR) is 106 cm³/mol. The molecule has 4 saturated carbocycles. The fourth-order valence-electron chi connectivity index (χ4n) is 8.94. The molecule has 1 saturated heterocycles. The van der Waals surface area contributed by atoms with Crippen LogP contribution in [0, 0.1) is 45.8 Å². The molecule has 9 atom stereocenters. The van der Waals surface area contributed by atoms with Crippen LogP contribution in [-0.4, -0.2) is 28.6 Å². The van der Waals surface area contributed by atoms with Crippen molar-refractivity contribution < 1.29 is 19.1 Å². The van der Waals surface area contributed by atoms with Crippen LogP contribution in [0.3, 0.4) is 0 Å². The molecule has 158 valence electrons. The summed E-state index contributed by atoms with van der Waals surface area (Å²) in [5.41, 5.74) is -1.69. The van der Waals surface area contributed by atoms with E-state index in [4.69, 9.17) is 9.47 Å². The van der Waals surface area contributed by atoms with E-state index in [-0.39, 0.29) is 28.2 Å². The molecule has 0 aromatic heterocycles. The molecule has 5 heteroatoms. The monoisotopic (exact) mass is 399 g/mol. The van der Waals surface area contributed by atoms with Crippen LogP contribution in [0.1, 0.15) is 79.6 Å². The molecule has 5 fully saturated rings. The molecule has 4 aliphatic carbocycles. The fraction of sp³-hybridized carbons (Fsp3) is 0.875. The van der Waals surface area contributed by atoms with Crippen molar-refractivity contribution >= 4 is 11.8 Å². The summed E-state index contributed by atoms with van der Waals surface area (Å²) in [5, 5.41) is 9.68. The van der Waals surface area contributed by atoms with Gasteiger partial charge in [-0.3, -0.25) is 9.59 Å². The zero-order valence-corrected chi connectivity index (χ0v) is 18.3. The van der Waals surface area contributed by atoms with E-state index < -0.39 is 17.1 Å². The molecule has 5 rings (SSSR count). The molecule has 0 aromatic rings. The minimum absolute atomic E-state index is 0.000118. The van der Waals surface area contributed by atoms with Gasteiger partial charge in [0.25, 0.3) is 0 Å². The molecule has 29 heavy (non-hydrogen) atoms. The van der Waals surface area contributed by atoms with E-state index >= 15 is 0 Å². The molecular weight excluding hydrogens is 366 g/mol. The minimum atomic E-state index is -0.770. The van der Waals surface area contributed by atoms with Crippen molar-refractivity contribution in [2.24, 2.45) is 34.5 Å². The molecule has 1 heterocycles. The van der Waals surface area contributed by atoms with Crippen LogP contribution in [-0.2, 0) is 19.1 Å². The quantitative estimate of drug-likeness (QED) is 0.488. The van der Waals surface area contributed by atoms with Crippen molar-refractivity contribution in [3.63, 3.8) is 0 Å². The second kappa shape index (κ2) is 5.44. The maximum Gasteiger partial charge on any atom is 0.303 e. The lowest BCUT2D eigenvalue weighted by Crippen LogP contribution is -2.62. The standard InChI is InChI=1S/C24H33NO4/c1-14(26)28-22(4)10-8-17-16-6-11-24-21(3,18(16)7-9-20(17,22)2)12-15(13-25)19(27)23(24,5)29-24/h15-18H,6-12H2,1-5H3/t15-,16-,17-,18-,20-,21+,22+,23+,24-/m0/s1. The topological polar surface area (TPSA) is 79.7 Å². The van der Waals surface area contributed by atoms with Crippen LogP contribution in [0.5, 0.6) is 0 Å². The average Bonchev–Trinajstić information content (AvgIpc) is 3.20. The van der Waals surface area contributed by atoms with Crippen molar-refractivity contribution in [2.45, 2.75) is 96.4 Å². The summed E-state index contributed by atoms with van der Waals surface area (Å²) in [6, 6.07) is 2.29. The Labute approximate surface area is 173 Å². The van der Waals surface area contributed by atoms with Gasteiger partial charge in [-0.2, -0.15) is 5.26 Å². The number of esters is 1. The summed E-state index contributed by atoms with van der Waals surface area (Å²) in [4.78, 5) is 24.7. The lowest BCUT2D eigenvalue weighted by atomic mass is 9.42. The Kier molecular flexibility index (Phi) is 3.66. The van der Waals surface area contributed by atoms with E-state index in [2.05, 4.69) is 26.8 Å². The number of rotatable bonds is 1. The summed E-state index contributed by atoms with van der Waals surface area (Å²) >= 11 is 0. The fourth-order valence-corrected chi connectivity index (χ4v) is 8.94. The van der Waals surface area contributed by atoms with Gasteiger partial charge in [-0.25, -0.2) is 0 Å². The number of Topliss-reactive ketones (excluding diaryl/α,β-unsaturated/α-hetero) is 1. The van der Waals surface area contributed by atoms with E-state index in [1.54, 1.807) is 0 Å². The lowest BCUT2D eigenvalue weighted by molar-refractivity contribution is -0.183. The van der Waals surface area contributed by atoms with Crippen LogP contribution in [0.25, 0.3) is 0 Å². The van der Waals surface area contributed by atoms with E-state index in [9.17, 15) is 14.9 Å². The molecule has 0 amide bonds. The van der Waals surface area contributed by atoms with Gasteiger partial charge < -0.3 is 9.47 Å². The number of fused-ring (bicyclic) bond motifs is 4. The highest BCUT2D eigenvalue weighted by atomic mass is 16.6. The molecule has 5 aliphatic rings. The Bertz CT molecular complexity index is 848. The van der Waals surface area contributed by atoms with Crippen molar-refractivity contribution in [3.05, 3.63) is 0 Å². The van der Waals surface area contributed by atoms with Gasteiger partial charge >= 0.3 is 5.97 Å². The van der Waals surface area contributed by atoms with Crippen LogP contribution < -0.4 is 0 Å².